The zero-order valence-corrected chi connectivity index (χ0v) is 10.5. The zero-order chi connectivity index (χ0) is 12.6. The molecule has 1 aromatic heterocycles. The Morgan fingerprint density at radius 2 is 2.29 bits per heavy atom. The molecule has 2 N–H and O–H groups in total. The average molecular weight is 237 g/mol. The molecule has 5 heteroatoms. The van der Waals surface area contributed by atoms with E-state index in [1.165, 1.54) is 0 Å². The maximum Gasteiger partial charge on any atom is 0.325 e. The highest BCUT2D eigenvalue weighted by molar-refractivity contribution is 5.78. The van der Waals surface area contributed by atoms with Crippen LogP contribution in [-0.2, 0) is 11.3 Å². The van der Waals surface area contributed by atoms with Crippen LogP contribution in [0, 0.1) is 13.8 Å². The zero-order valence-electron chi connectivity index (χ0n) is 10.5. The van der Waals surface area contributed by atoms with Gasteiger partial charge in [0, 0.05) is 11.7 Å². The van der Waals surface area contributed by atoms with Crippen LogP contribution < -0.4 is 5.32 Å². The van der Waals surface area contributed by atoms with Gasteiger partial charge >= 0.3 is 5.97 Å². The van der Waals surface area contributed by atoms with Crippen molar-refractivity contribution in [3.05, 3.63) is 17.5 Å². The van der Waals surface area contributed by atoms with Gasteiger partial charge in [0.15, 0.2) is 0 Å². The van der Waals surface area contributed by atoms with Crippen molar-refractivity contribution in [2.75, 3.05) is 0 Å². The van der Waals surface area contributed by atoms with Crippen molar-refractivity contribution >= 4 is 5.97 Å². The summed E-state index contributed by atoms with van der Waals surface area (Å²) < 4.78 is 1.76. The topological polar surface area (TPSA) is 67.2 Å². The lowest BCUT2D eigenvalue weighted by Crippen LogP contribution is -2.53. The standard InChI is InChI=1S/C12H19N3O2/c1-8-6-9(2)15(14-8)7-12(3,11(16)17)13-10-4-5-10/h6,10,13H,4-5,7H2,1-3H3,(H,16,17). The lowest BCUT2D eigenvalue weighted by Gasteiger charge is -2.26. The fourth-order valence-electron chi connectivity index (χ4n) is 1.99. The molecule has 1 heterocycles. The number of rotatable bonds is 5. The van der Waals surface area contributed by atoms with Crippen molar-refractivity contribution in [3.8, 4) is 0 Å². The molecule has 0 amide bonds. The predicted molar refractivity (Wildman–Crippen MR) is 63.9 cm³/mol. The first-order valence-corrected chi connectivity index (χ1v) is 5.93. The smallest absolute Gasteiger partial charge is 0.325 e. The minimum Gasteiger partial charge on any atom is -0.480 e. The van der Waals surface area contributed by atoms with E-state index in [4.69, 9.17) is 0 Å². The van der Waals surface area contributed by atoms with E-state index in [1.807, 2.05) is 19.9 Å². The van der Waals surface area contributed by atoms with E-state index in [0.29, 0.717) is 12.6 Å². The second-order valence-electron chi connectivity index (χ2n) is 5.14. The molecule has 94 valence electrons. The molecular formula is C12H19N3O2. The Morgan fingerprint density at radius 3 is 2.71 bits per heavy atom. The van der Waals surface area contributed by atoms with Crippen LogP contribution in [0.3, 0.4) is 0 Å². The molecular weight excluding hydrogens is 218 g/mol. The van der Waals surface area contributed by atoms with Crippen molar-refractivity contribution in [3.63, 3.8) is 0 Å². The van der Waals surface area contributed by atoms with Gasteiger partial charge in [-0.15, -0.1) is 0 Å². The second-order valence-corrected chi connectivity index (χ2v) is 5.14. The van der Waals surface area contributed by atoms with E-state index in [0.717, 1.165) is 24.2 Å². The van der Waals surface area contributed by atoms with E-state index >= 15 is 0 Å². The molecule has 5 nitrogen and oxygen atoms in total. The van der Waals surface area contributed by atoms with Crippen molar-refractivity contribution in [1.29, 1.82) is 0 Å². The summed E-state index contributed by atoms with van der Waals surface area (Å²) in [6.45, 7) is 5.94. The van der Waals surface area contributed by atoms with Crippen LogP contribution in [0.2, 0.25) is 0 Å². The van der Waals surface area contributed by atoms with Gasteiger partial charge in [0.05, 0.1) is 12.2 Å². The molecule has 1 aromatic rings. The van der Waals surface area contributed by atoms with E-state index in [1.54, 1.807) is 11.6 Å². The van der Waals surface area contributed by atoms with E-state index in [2.05, 4.69) is 10.4 Å². The molecule has 1 aliphatic carbocycles. The Bertz CT molecular complexity index is 437. The van der Waals surface area contributed by atoms with Crippen LogP contribution in [0.4, 0.5) is 0 Å². The number of nitrogens with one attached hydrogen (secondary N) is 1. The third-order valence-corrected chi connectivity index (χ3v) is 3.14. The Labute approximate surface area is 101 Å². The largest absolute Gasteiger partial charge is 0.480 e. The van der Waals surface area contributed by atoms with E-state index in [-0.39, 0.29) is 0 Å². The summed E-state index contributed by atoms with van der Waals surface area (Å²) in [5.41, 5.74) is 0.971. The minimum absolute atomic E-state index is 0.355. The van der Waals surface area contributed by atoms with Crippen LogP contribution in [0.5, 0.6) is 0 Å². The maximum atomic E-state index is 11.4. The molecule has 0 aromatic carbocycles. The number of aryl methyl sites for hydroxylation is 2. The predicted octanol–water partition coefficient (Wildman–Crippen LogP) is 1.10. The van der Waals surface area contributed by atoms with E-state index < -0.39 is 11.5 Å². The molecule has 0 saturated heterocycles. The molecule has 2 rings (SSSR count). The van der Waals surface area contributed by atoms with E-state index in [9.17, 15) is 9.90 Å². The first kappa shape index (κ1) is 12.1. The number of aliphatic carboxylic acids is 1. The summed E-state index contributed by atoms with van der Waals surface area (Å²) in [5.74, 6) is -0.822. The molecule has 1 atom stereocenters. The molecule has 0 bridgehead atoms. The van der Waals surface area contributed by atoms with Crippen molar-refractivity contribution in [2.24, 2.45) is 0 Å². The molecule has 17 heavy (non-hydrogen) atoms. The summed E-state index contributed by atoms with van der Waals surface area (Å²) in [5, 5.41) is 16.9. The summed E-state index contributed by atoms with van der Waals surface area (Å²) in [4.78, 5) is 11.4. The SMILES string of the molecule is Cc1cc(C)n(CC(C)(NC2CC2)C(=O)O)n1. The Morgan fingerprint density at radius 1 is 1.65 bits per heavy atom. The van der Waals surface area contributed by atoms with Gasteiger partial charge in [-0.25, -0.2) is 0 Å². The Kier molecular flexibility index (Phi) is 2.95. The number of carboxylic acid groups (broad SMARTS) is 1. The summed E-state index contributed by atoms with van der Waals surface area (Å²) >= 11 is 0. The minimum atomic E-state index is -0.940. The van der Waals surface area contributed by atoms with Crippen LogP contribution >= 0.6 is 0 Å². The van der Waals surface area contributed by atoms with Crippen LogP contribution in [0.1, 0.15) is 31.2 Å². The summed E-state index contributed by atoms with van der Waals surface area (Å²) in [6, 6.07) is 2.31. The molecule has 1 unspecified atom stereocenters. The number of nitrogens with zero attached hydrogens (tertiary/aromatic N) is 2. The Hall–Kier alpha value is -1.36. The average Bonchev–Trinajstić information content (AvgIpc) is 2.94. The van der Waals surface area contributed by atoms with Gasteiger partial charge in [-0.1, -0.05) is 0 Å². The van der Waals surface area contributed by atoms with Gasteiger partial charge in [-0.2, -0.15) is 5.10 Å². The third-order valence-electron chi connectivity index (χ3n) is 3.14. The fraction of sp³-hybridized carbons (Fsp3) is 0.667. The lowest BCUT2D eigenvalue weighted by atomic mass is 10.0. The highest BCUT2D eigenvalue weighted by Crippen LogP contribution is 2.23. The van der Waals surface area contributed by atoms with Crippen molar-refractivity contribution in [1.82, 2.24) is 15.1 Å². The number of hydrogen-bond donors (Lipinski definition) is 2. The highest BCUT2D eigenvalue weighted by atomic mass is 16.4. The molecule has 0 spiro atoms. The molecule has 1 saturated carbocycles. The first-order chi connectivity index (χ1) is 7.90. The summed E-state index contributed by atoms with van der Waals surface area (Å²) in [7, 11) is 0. The number of carboxylic acids is 1. The monoisotopic (exact) mass is 237 g/mol. The molecule has 0 aliphatic heterocycles. The number of aromatic nitrogens is 2. The quantitative estimate of drug-likeness (QED) is 0.804. The maximum absolute atomic E-state index is 11.4. The summed E-state index contributed by atoms with van der Waals surface area (Å²) in [6.07, 6.45) is 2.14. The van der Waals surface area contributed by atoms with Crippen LogP contribution in [0.25, 0.3) is 0 Å². The molecule has 1 fully saturated rings. The van der Waals surface area contributed by atoms with Crippen LogP contribution in [0.15, 0.2) is 6.07 Å². The number of hydrogen-bond acceptors (Lipinski definition) is 3. The lowest BCUT2D eigenvalue weighted by molar-refractivity contribution is -0.145. The van der Waals surface area contributed by atoms with Crippen molar-refractivity contribution < 1.29 is 9.90 Å². The Balaban J connectivity index is 2.16. The first-order valence-electron chi connectivity index (χ1n) is 5.93. The van der Waals surface area contributed by atoms with Gasteiger partial charge in [0.2, 0.25) is 0 Å². The van der Waals surface area contributed by atoms with Crippen molar-refractivity contribution in [2.45, 2.75) is 51.7 Å². The van der Waals surface area contributed by atoms with Gasteiger partial charge in [-0.3, -0.25) is 14.8 Å². The van der Waals surface area contributed by atoms with Gasteiger partial charge < -0.3 is 5.11 Å². The van der Waals surface area contributed by atoms with Gasteiger partial charge in [0.25, 0.3) is 0 Å². The van der Waals surface area contributed by atoms with Crippen LogP contribution in [-0.4, -0.2) is 32.4 Å². The van der Waals surface area contributed by atoms with Gasteiger partial charge in [0.1, 0.15) is 5.54 Å². The normalized spacial score (nSPS) is 19.0. The second kappa shape index (κ2) is 4.14. The number of carbonyl (C=O) groups is 1. The molecule has 1 aliphatic rings. The fourth-order valence-corrected chi connectivity index (χ4v) is 1.99. The highest BCUT2D eigenvalue weighted by Gasteiger charge is 2.39. The third kappa shape index (κ3) is 2.66. The molecule has 0 radical (unpaired) electrons. The van der Waals surface area contributed by atoms with Gasteiger partial charge in [-0.05, 0) is 39.7 Å².